The van der Waals surface area contributed by atoms with Crippen LogP contribution in [-0.4, -0.2) is 24.2 Å². The molecule has 0 saturated heterocycles. The summed E-state index contributed by atoms with van der Waals surface area (Å²) in [5, 5.41) is 0. The summed E-state index contributed by atoms with van der Waals surface area (Å²) in [5.74, 6) is 0. The molecule has 2 aromatic heterocycles. The number of methoxy groups -OCH3 is 2. The van der Waals surface area contributed by atoms with Crippen molar-refractivity contribution in [3.63, 3.8) is 0 Å². The van der Waals surface area contributed by atoms with Crippen LogP contribution in [0.25, 0.3) is 0 Å². The highest BCUT2D eigenvalue weighted by Gasteiger charge is 2.17. The molecule has 0 spiro atoms. The molecule has 0 amide bonds. The lowest BCUT2D eigenvalue weighted by Crippen LogP contribution is -2.10. The fourth-order valence-corrected chi connectivity index (χ4v) is 4.65. The van der Waals surface area contributed by atoms with Gasteiger partial charge in [0.05, 0.1) is 23.6 Å². The average molecular weight is 461 g/mol. The maximum atomic E-state index is 5.32. The standard InChI is InChI=1S/C12H16BrNO.C12H17NO/c1-8(15-2)12-10(13)7-9-5-3-4-6-11(9)14-12;1-9(14-2)11-8-7-10-5-3-4-6-12(10)13-11/h7-8H,3-6H2,1-2H3;7-9H,3-6H2,1-2H3. The first-order chi connectivity index (χ1) is 14.0. The lowest BCUT2D eigenvalue weighted by atomic mass is 9.95. The van der Waals surface area contributed by atoms with Crippen LogP contribution in [0.3, 0.4) is 0 Å². The molecule has 4 rings (SSSR count). The molecule has 4 nitrogen and oxygen atoms in total. The molecule has 29 heavy (non-hydrogen) atoms. The van der Waals surface area contributed by atoms with Crippen LogP contribution in [0.1, 0.15) is 85.6 Å². The predicted molar refractivity (Wildman–Crippen MR) is 120 cm³/mol. The molecule has 158 valence electrons. The van der Waals surface area contributed by atoms with E-state index in [-0.39, 0.29) is 12.2 Å². The van der Waals surface area contributed by atoms with Gasteiger partial charge in [0.1, 0.15) is 0 Å². The van der Waals surface area contributed by atoms with Crippen LogP contribution < -0.4 is 0 Å². The van der Waals surface area contributed by atoms with Gasteiger partial charge in [-0.05, 0) is 104 Å². The molecule has 0 radical (unpaired) electrons. The van der Waals surface area contributed by atoms with Crippen molar-refractivity contribution in [1.29, 1.82) is 0 Å². The van der Waals surface area contributed by atoms with Crippen LogP contribution in [0.2, 0.25) is 0 Å². The van der Waals surface area contributed by atoms with E-state index in [2.05, 4.69) is 39.1 Å². The molecule has 0 bridgehead atoms. The zero-order valence-electron chi connectivity index (χ0n) is 18.1. The van der Waals surface area contributed by atoms with Crippen molar-refractivity contribution in [2.45, 2.75) is 77.4 Å². The fourth-order valence-electron chi connectivity index (χ4n) is 3.96. The van der Waals surface area contributed by atoms with Gasteiger partial charge in [0.25, 0.3) is 0 Å². The Kier molecular flexibility index (Phi) is 8.22. The number of fused-ring (bicyclic) bond motifs is 2. The quantitative estimate of drug-likeness (QED) is 0.552. The van der Waals surface area contributed by atoms with Gasteiger partial charge < -0.3 is 9.47 Å². The molecule has 2 heterocycles. The van der Waals surface area contributed by atoms with E-state index in [9.17, 15) is 0 Å². The molecule has 0 aliphatic heterocycles. The molecular formula is C24H33BrN2O2. The van der Waals surface area contributed by atoms with Crippen LogP contribution >= 0.6 is 15.9 Å². The van der Waals surface area contributed by atoms with E-state index in [0.717, 1.165) is 28.7 Å². The van der Waals surface area contributed by atoms with Gasteiger partial charge in [0, 0.05) is 30.1 Å². The smallest absolute Gasteiger partial charge is 0.0974 e. The van der Waals surface area contributed by atoms with E-state index in [4.69, 9.17) is 14.5 Å². The molecule has 2 atom stereocenters. The van der Waals surface area contributed by atoms with Crippen LogP contribution in [0.4, 0.5) is 0 Å². The van der Waals surface area contributed by atoms with Crippen LogP contribution in [0.15, 0.2) is 22.7 Å². The maximum Gasteiger partial charge on any atom is 0.0974 e. The van der Waals surface area contributed by atoms with Crippen LogP contribution in [-0.2, 0) is 35.2 Å². The summed E-state index contributed by atoms with van der Waals surface area (Å²) in [6.07, 6.45) is 9.95. The second kappa shape index (κ2) is 10.6. The molecule has 0 saturated carbocycles. The molecule has 0 N–H and O–H groups in total. The second-order valence-electron chi connectivity index (χ2n) is 7.97. The SMILES string of the molecule is COC(C)c1ccc2c(n1)CCCC2.COC(C)c1nc2c(cc1Br)CCCC2. The Bertz CT molecular complexity index is 825. The van der Waals surface area contributed by atoms with E-state index in [1.54, 1.807) is 14.2 Å². The Morgan fingerprint density at radius 3 is 2.03 bits per heavy atom. The van der Waals surface area contributed by atoms with Gasteiger partial charge in [0.15, 0.2) is 0 Å². The molecule has 2 unspecified atom stereocenters. The van der Waals surface area contributed by atoms with Gasteiger partial charge in [-0.2, -0.15) is 0 Å². The zero-order valence-corrected chi connectivity index (χ0v) is 19.7. The van der Waals surface area contributed by atoms with Gasteiger partial charge >= 0.3 is 0 Å². The zero-order chi connectivity index (χ0) is 20.8. The Balaban J connectivity index is 0.000000166. The number of ether oxygens (including phenoxy) is 2. The van der Waals surface area contributed by atoms with Crippen molar-refractivity contribution in [2.24, 2.45) is 0 Å². The van der Waals surface area contributed by atoms with Crippen molar-refractivity contribution in [1.82, 2.24) is 9.97 Å². The number of aryl methyl sites for hydroxylation is 4. The van der Waals surface area contributed by atoms with Crippen molar-refractivity contribution < 1.29 is 9.47 Å². The van der Waals surface area contributed by atoms with E-state index in [0.29, 0.717) is 0 Å². The molecule has 2 aromatic rings. The number of pyridine rings is 2. The number of nitrogens with zero attached hydrogens (tertiary/aromatic N) is 2. The first kappa shape index (κ1) is 22.4. The number of hydrogen-bond donors (Lipinski definition) is 0. The second-order valence-corrected chi connectivity index (χ2v) is 8.83. The van der Waals surface area contributed by atoms with Crippen LogP contribution in [0, 0.1) is 0 Å². The maximum absolute atomic E-state index is 5.32. The largest absolute Gasteiger partial charge is 0.375 e. The molecule has 5 heteroatoms. The van der Waals surface area contributed by atoms with Crippen molar-refractivity contribution in [3.05, 3.63) is 56.6 Å². The highest BCUT2D eigenvalue weighted by Crippen LogP contribution is 2.29. The van der Waals surface area contributed by atoms with Crippen molar-refractivity contribution >= 4 is 15.9 Å². The minimum atomic E-state index is 0.0617. The topological polar surface area (TPSA) is 44.2 Å². The van der Waals surface area contributed by atoms with E-state index >= 15 is 0 Å². The average Bonchev–Trinajstić information content (AvgIpc) is 2.77. The van der Waals surface area contributed by atoms with Gasteiger partial charge in [0.2, 0.25) is 0 Å². The minimum absolute atomic E-state index is 0.0617. The highest BCUT2D eigenvalue weighted by atomic mass is 79.9. The van der Waals surface area contributed by atoms with Crippen molar-refractivity contribution in [2.75, 3.05) is 14.2 Å². The Morgan fingerprint density at radius 1 is 0.793 bits per heavy atom. The number of hydrogen-bond acceptors (Lipinski definition) is 4. The lowest BCUT2D eigenvalue weighted by molar-refractivity contribution is 0.115. The van der Waals surface area contributed by atoms with Gasteiger partial charge in [-0.3, -0.25) is 9.97 Å². The summed E-state index contributed by atoms with van der Waals surface area (Å²) < 4.78 is 11.7. The predicted octanol–water partition coefficient (Wildman–Crippen LogP) is 6.10. The Morgan fingerprint density at radius 2 is 1.38 bits per heavy atom. The number of halogens is 1. The molecule has 0 fully saturated rings. The van der Waals surface area contributed by atoms with Gasteiger partial charge in [-0.1, -0.05) is 6.07 Å². The molecular weight excluding hydrogens is 428 g/mol. The van der Waals surface area contributed by atoms with E-state index in [1.807, 2.05) is 13.8 Å². The number of rotatable bonds is 4. The third-order valence-corrected chi connectivity index (χ3v) is 6.62. The summed E-state index contributed by atoms with van der Waals surface area (Å²) in [6.45, 7) is 4.07. The highest BCUT2D eigenvalue weighted by molar-refractivity contribution is 9.10. The third kappa shape index (κ3) is 5.65. The van der Waals surface area contributed by atoms with Crippen LogP contribution in [0.5, 0.6) is 0 Å². The van der Waals surface area contributed by atoms with E-state index < -0.39 is 0 Å². The minimum Gasteiger partial charge on any atom is -0.375 e. The first-order valence-corrected chi connectivity index (χ1v) is 11.5. The summed E-state index contributed by atoms with van der Waals surface area (Å²) in [6, 6.07) is 6.52. The monoisotopic (exact) mass is 460 g/mol. The van der Waals surface area contributed by atoms with Gasteiger partial charge in [-0.15, -0.1) is 0 Å². The summed E-state index contributed by atoms with van der Waals surface area (Å²) in [7, 11) is 3.45. The number of aromatic nitrogens is 2. The molecule has 0 aromatic carbocycles. The summed E-state index contributed by atoms with van der Waals surface area (Å²) in [5.41, 5.74) is 7.48. The summed E-state index contributed by atoms with van der Waals surface area (Å²) >= 11 is 3.57. The Labute approximate surface area is 183 Å². The lowest BCUT2D eigenvalue weighted by Gasteiger charge is -2.19. The van der Waals surface area contributed by atoms with Gasteiger partial charge in [-0.25, -0.2) is 0 Å². The normalized spacial score (nSPS) is 17.4. The van der Waals surface area contributed by atoms with E-state index in [1.165, 1.54) is 61.0 Å². The summed E-state index contributed by atoms with van der Waals surface area (Å²) in [4.78, 5) is 9.37. The first-order valence-electron chi connectivity index (χ1n) is 10.8. The van der Waals surface area contributed by atoms with Crippen molar-refractivity contribution in [3.8, 4) is 0 Å². The molecule has 2 aliphatic carbocycles. The fraction of sp³-hybridized carbons (Fsp3) is 0.583. The Hall–Kier alpha value is -1.30. The molecule has 2 aliphatic rings. The third-order valence-electron chi connectivity index (χ3n) is 5.99.